The third-order valence-electron chi connectivity index (χ3n) is 14.3. The fraction of sp³-hybridized carbons (Fsp3) is 0.500. The predicted octanol–water partition coefficient (Wildman–Crippen LogP) is 13.4. The molecule has 2 saturated carbocycles. The van der Waals surface area contributed by atoms with Crippen LogP contribution in [0, 0.1) is 0 Å². The number of unbranched alkanes of at least 4 members (excludes halogenated alkanes) is 2. The largest absolute Gasteiger partial charge is 0.476 e. The maximum Gasteiger partial charge on any atom is 0.349 e. The highest BCUT2D eigenvalue weighted by Gasteiger charge is 2.50. The van der Waals surface area contributed by atoms with E-state index in [1.807, 2.05) is 52.3 Å². The molecule has 0 saturated heterocycles. The van der Waals surface area contributed by atoms with E-state index in [0.717, 1.165) is 139 Å². The van der Waals surface area contributed by atoms with Gasteiger partial charge in [-0.1, -0.05) is 129 Å². The number of carbonyl (C=O) groups excluding carboxylic acids is 4. The molecule has 73 heavy (non-hydrogen) atoms. The Bertz CT molecular complexity index is 2650. The summed E-state index contributed by atoms with van der Waals surface area (Å²) in [5.41, 5.74) is 2.97. The fourth-order valence-corrected chi connectivity index (χ4v) is 10.6. The number of rotatable bonds is 20. The number of esters is 2. The van der Waals surface area contributed by atoms with Crippen molar-refractivity contribution in [2.24, 2.45) is 9.98 Å². The van der Waals surface area contributed by atoms with E-state index >= 15 is 0 Å². The Morgan fingerprint density at radius 2 is 1.01 bits per heavy atom. The second kappa shape index (κ2) is 24.0. The normalized spacial score (nSPS) is 16.9. The van der Waals surface area contributed by atoms with Crippen LogP contribution in [-0.4, -0.2) is 80.7 Å². The number of ether oxygens (including phenoxy) is 4. The average molecular weight is 1060 g/mol. The lowest BCUT2D eigenvalue weighted by molar-refractivity contribution is -0.159. The average Bonchev–Trinajstić information content (AvgIpc) is 4.17. The summed E-state index contributed by atoms with van der Waals surface area (Å²) in [5, 5.41) is 0. The zero-order chi connectivity index (χ0) is 52.4. The van der Waals surface area contributed by atoms with Crippen molar-refractivity contribution in [1.29, 1.82) is 0 Å². The quantitative estimate of drug-likeness (QED) is 0.0798. The Morgan fingerprint density at radius 3 is 1.45 bits per heavy atom. The van der Waals surface area contributed by atoms with Crippen LogP contribution < -0.4 is 9.47 Å². The zero-order valence-corrected chi connectivity index (χ0v) is 45.9. The van der Waals surface area contributed by atoms with Gasteiger partial charge in [0, 0.05) is 17.3 Å². The molecule has 12 nitrogen and oxygen atoms in total. The molecule has 2 aliphatic heterocycles. The van der Waals surface area contributed by atoms with E-state index in [-0.39, 0.29) is 11.8 Å². The first-order valence-corrected chi connectivity index (χ1v) is 27.4. The second-order valence-corrected chi connectivity index (χ2v) is 21.6. The molecule has 0 bridgehead atoms. The third-order valence-corrected chi connectivity index (χ3v) is 14.9. The number of carbonyl (C=O) groups is 4. The molecule has 0 aromatic heterocycles. The summed E-state index contributed by atoms with van der Waals surface area (Å²) in [5.74, 6) is 2.68. The van der Waals surface area contributed by atoms with Crippen LogP contribution in [-0.2, 0) is 41.7 Å². The summed E-state index contributed by atoms with van der Waals surface area (Å²) in [7, 11) is 0. The van der Waals surface area contributed by atoms with Crippen molar-refractivity contribution in [2.75, 3.05) is 13.2 Å². The van der Waals surface area contributed by atoms with E-state index in [9.17, 15) is 19.2 Å². The van der Waals surface area contributed by atoms with Crippen molar-refractivity contribution in [3.05, 3.63) is 107 Å². The SMILES string of the molecule is CCCCC1=NC2(CCCC2)C(=O)N1Cc1ccc(-c2cc(OC(C)(C)C(=O)OCC)ccc2Br)cc1.CCCCC1=NC2(CCCC2)C(=O)N1Cc1ccc(-c2cccc(OC(C)(C)C(=O)OCC)c2)cc1. The molecular weight excluding hydrogens is 985 g/mol. The molecule has 2 amide bonds. The minimum absolute atomic E-state index is 0.178. The van der Waals surface area contributed by atoms with E-state index in [0.29, 0.717) is 37.8 Å². The molecule has 0 N–H and O–H groups in total. The molecule has 390 valence electrons. The highest BCUT2D eigenvalue weighted by Crippen LogP contribution is 2.42. The lowest BCUT2D eigenvalue weighted by atomic mass is 9.98. The third kappa shape index (κ3) is 12.9. The van der Waals surface area contributed by atoms with Crippen LogP contribution in [0.3, 0.4) is 0 Å². The van der Waals surface area contributed by atoms with Crippen LogP contribution in [0.1, 0.15) is 156 Å². The van der Waals surface area contributed by atoms with Crippen molar-refractivity contribution < 1.29 is 38.1 Å². The molecule has 0 atom stereocenters. The van der Waals surface area contributed by atoms with Crippen molar-refractivity contribution in [2.45, 2.75) is 181 Å². The van der Waals surface area contributed by atoms with Crippen LogP contribution in [0.4, 0.5) is 0 Å². The molecule has 2 aliphatic carbocycles. The summed E-state index contributed by atoms with van der Waals surface area (Å²) in [4.78, 5) is 65.2. The maximum absolute atomic E-state index is 13.4. The minimum Gasteiger partial charge on any atom is -0.476 e. The van der Waals surface area contributed by atoms with Crippen molar-refractivity contribution in [3.63, 3.8) is 0 Å². The van der Waals surface area contributed by atoms with Crippen molar-refractivity contribution >= 4 is 51.4 Å². The first kappa shape index (κ1) is 54.9. The molecule has 2 fully saturated rings. The number of nitrogens with zero attached hydrogens (tertiary/aromatic N) is 4. The minimum atomic E-state index is -1.10. The monoisotopic (exact) mass is 1060 g/mol. The van der Waals surface area contributed by atoms with Gasteiger partial charge in [-0.15, -0.1) is 0 Å². The van der Waals surface area contributed by atoms with Gasteiger partial charge in [-0.3, -0.25) is 29.4 Å². The van der Waals surface area contributed by atoms with Gasteiger partial charge in [0.15, 0.2) is 11.2 Å². The summed E-state index contributed by atoms with van der Waals surface area (Å²) in [6.45, 7) is 16.4. The Kier molecular flexibility index (Phi) is 18.1. The second-order valence-electron chi connectivity index (χ2n) is 20.8. The Balaban J connectivity index is 0.000000214. The molecule has 0 radical (unpaired) electrons. The van der Waals surface area contributed by atoms with Crippen molar-refractivity contribution in [1.82, 2.24) is 9.80 Å². The van der Waals surface area contributed by atoms with Gasteiger partial charge in [0.1, 0.15) is 34.2 Å². The van der Waals surface area contributed by atoms with Crippen molar-refractivity contribution in [3.8, 4) is 33.8 Å². The van der Waals surface area contributed by atoms with Gasteiger partial charge in [-0.25, -0.2) is 9.59 Å². The smallest absolute Gasteiger partial charge is 0.349 e. The van der Waals surface area contributed by atoms with Gasteiger partial charge in [0.2, 0.25) is 0 Å². The molecule has 4 aliphatic rings. The molecule has 0 unspecified atom stereocenters. The molecule has 2 heterocycles. The molecule has 8 rings (SSSR count). The van der Waals surface area contributed by atoms with Gasteiger partial charge in [0.05, 0.1) is 26.3 Å². The number of hydrogen-bond donors (Lipinski definition) is 0. The van der Waals surface area contributed by atoms with Crippen LogP contribution in [0.15, 0.2) is 105 Å². The van der Waals surface area contributed by atoms with E-state index in [1.165, 1.54) is 0 Å². The molecule has 13 heteroatoms. The highest BCUT2D eigenvalue weighted by molar-refractivity contribution is 9.10. The van der Waals surface area contributed by atoms with Crippen LogP contribution in [0.2, 0.25) is 0 Å². The van der Waals surface area contributed by atoms with Gasteiger partial charge in [-0.05, 0) is 144 Å². The molecule has 4 aromatic rings. The summed E-state index contributed by atoms with van der Waals surface area (Å²) in [6.07, 6.45) is 13.8. The highest BCUT2D eigenvalue weighted by atomic mass is 79.9. The van der Waals surface area contributed by atoms with Gasteiger partial charge >= 0.3 is 11.9 Å². The topological polar surface area (TPSA) is 136 Å². The summed E-state index contributed by atoms with van der Waals surface area (Å²) >= 11 is 3.65. The van der Waals surface area contributed by atoms with Crippen LogP contribution in [0.5, 0.6) is 11.5 Å². The number of hydrogen-bond acceptors (Lipinski definition) is 10. The lowest BCUT2D eigenvalue weighted by Gasteiger charge is -2.24. The number of amides is 2. The number of benzene rings is 4. The summed E-state index contributed by atoms with van der Waals surface area (Å²) < 4.78 is 23.2. The molecular formula is C60H75BrN4O8. The van der Waals surface area contributed by atoms with E-state index in [2.05, 4.69) is 78.3 Å². The first-order valence-electron chi connectivity index (χ1n) is 26.6. The fourth-order valence-electron chi connectivity index (χ4n) is 10.2. The van der Waals surface area contributed by atoms with E-state index in [1.54, 1.807) is 41.5 Å². The molecule has 4 aromatic carbocycles. The standard InChI is InChI=1S/C30H37BrN2O4.C30H38N2O4/c1-5-7-10-26-32-30(17-8-9-18-30)27(34)33(26)20-21-11-13-22(14-12-21)24-19-23(15-16-25(24)31)37-29(3,4)28(35)36-6-2;1-5-7-13-26-31-30(18-8-9-19-30)27(33)32(26)21-22-14-16-23(17-15-22)24-11-10-12-25(20-24)36-29(3,4)28(34)35-6-2/h11-16,19H,5-10,17-18,20H2,1-4H3;10-12,14-17,20H,5-9,13,18-19,21H2,1-4H3. The van der Waals surface area contributed by atoms with E-state index in [4.69, 9.17) is 28.9 Å². The lowest BCUT2D eigenvalue weighted by Crippen LogP contribution is -2.40. The summed E-state index contributed by atoms with van der Waals surface area (Å²) in [6, 6.07) is 29.9. The van der Waals surface area contributed by atoms with E-state index < -0.39 is 34.2 Å². The van der Waals surface area contributed by atoms with Gasteiger partial charge < -0.3 is 18.9 Å². The number of aliphatic imine (C=N–C) groups is 2. The Hall–Kier alpha value is -5.82. The Labute approximate surface area is 441 Å². The number of amidine groups is 2. The van der Waals surface area contributed by atoms with Gasteiger partial charge in [0.25, 0.3) is 11.8 Å². The van der Waals surface area contributed by atoms with Gasteiger partial charge in [-0.2, -0.15) is 0 Å². The maximum atomic E-state index is 13.4. The number of halogens is 1. The Morgan fingerprint density at radius 1 is 0.575 bits per heavy atom. The predicted molar refractivity (Wildman–Crippen MR) is 292 cm³/mol. The first-order chi connectivity index (χ1) is 35.0. The molecule has 2 spiro atoms. The van der Waals surface area contributed by atoms with Crippen LogP contribution >= 0.6 is 15.9 Å². The zero-order valence-electron chi connectivity index (χ0n) is 44.3. The van der Waals surface area contributed by atoms with Crippen LogP contribution in [0.25, 0.3) is 22.3 Å².